The molecule has 168 valence electrons. The zero-order valence-corrected chi connectivity index (χ0v) is 19.2. The van der Waals surface area contributed by atoms with E-state index in [-0.39, 0.29) is 11.2 Å². The molecule has 0 radical (unpaired) electrons. The second-order valence-corrected chi connectivity index (χ2v) is 10.7. The highest BCUT2D eigenvalue weighted by Crippen LogP contribution is 2.57. The van der Waals surface area contributed by atoms with Crippen LogP contribution in [0.4, 0.5) is 0 Å². The highest BCUT2D eigenvalue weighted by Gasteiger charge is 2.46. The third-order valence-corrected chi connectivity index (χ3v) is 7.70. The second-order valence-electron chi connectivity index (χ2n) is 10.7. The van der Waals surface area contributed by atoms with Gasteiger partial charge in [-0.25, -0.2) is 0 Å². The summed E-state index contributed by atoms with van der Waals surface area (Å²) in [6.45, 7) is 7.76. The van der Waals surface area contributed by atoms with Crippen LogP contribution in [-0.2, 0) is 4.79 Å². The molecule has 0 aliphatic heterocycles. The number of hydrogen-bond acceptors (Lipinski definition) is 4. The van der Waals surface area contributed by atoms with Crippen molar-refractivity contribution in [1.29, 1.82) is 0 Å². The SMILES string of the molecule is C[C@H](CCC(=O)C(C)(C)O)C1=CC[C@H]2/C(=C/C=C3C[C@@H](O)C[C@H](O)C3)CCC[C@]12C. The lowest BCUT2D eigenvalue weighted by molar-refractivity contribution is -0.134. The van der Waals surface area contributed by atoms with Gasteiger partial charge in [-0.2, -0.15) is 0 Å². The van der Waals surface area contributed by atoms with Crippen molar-refractivity contribution in [2.75, 3.05) is 0 Å². The Bertz CT molecular complexity index is 727. The number of Topliss-reactive ketones (excluding diaryl/α,β-unsaturated/α-hetero) is 1. The Labute approximate surface area is 181 Å². The fraction of sp³-hybridized carbons (Fsp3) is 0.731. The lowest BCUT2D eigenvalue weighted by Gasteiger charge is -2.42. The molecule has 3 aliphatic rings. The molecule has 0 aromatic heterocycles. The Hall–Kier alpha value is -1.23. The van der Waals surface area contributed by atoms with E-state index >= 15 is 0 Å². The molecule has 3 N–H and O–H groups in total. The molecule has 4 heteroatoms. The van der Waals surface area contributed by atoms with Crippen LogP contribution < -0.4 is 0 Å². The molecule has 0 aromatic carbocycles. The number of rotatable bonds is 6. The van der Waals surface area contributed by atoms with E-state index < -0.39 is 17.8 Å². The highest BCUT2D eigenvalue weighted by atomic mass is 16.3. The van der Waals surface area contributed by atoms with Crippen LogP contribution in [0.15, 0.2) is 34.9 Å². The molecule has 30 heavy (non-hydrogen) atoms. The first-order chi connectivity index (χ1) is 14.0. The Morgan fingerprint density at radius 3 is 2.57 bits per heavy atom. The van der Waals surface area contributed by atoms with Crippen LogP contribution in [0.5, 0.6) is 0 Å². The maximum absolute atomic E-state index is 12.2. The molecule has 2 fully saturated rings. The van der Waals surface area contributed by atoms with E-state index in [0.29, 0.717) is 37.5 Å². The molecule has 0 amide bonds. The maximum atomic E-state index is 12.2. The van der Waals surface area contributed by atoms with Gasteiger partial charge in [-0.05, 0) is 82.5 Å². The van der Waals surface area contributed by atoms with Gasteiger partial charge in [0.25, 0.3) is 0 Å². The quantitative estimate of drug-likeness (QED) is 0.551. The molecule has 3 aliphatic carbocycles. The minimum Gasteiger partial charge on any atom is -0.393 e. The largest absolute Gasteiger partial charge is 0.393 e. The third kappa shape index (κ3) is 5.15. The fourth-order valence-electron chi connectivity index (χ4n) is 5.96. The normalized spacial score (nSPS) is 34.5. The number of carbonyl (C=O) groups is 1. The van der Waals surface area contributed by atoms with E-state index in [1.165, 1.54) is 24.0 Å². The molecular formula is C26H40O4. The molecule has 0 saturated heterocycles. The van der Waals surface area contributed by atoms with Crippen molar-refractivity contribution in [3.05, 3.63) is 34.9 Å². The molecule has 0 bridgehead atoms. The van der Waals surface area contributed by atoms with E-state index in [9.17, 15) is 20.1 Å². The first-order valence-corrected chi connectivity index (χ1v) is 11.7. The average molecular weight is 417 g/mol. The highest BCUT2D eigenvalue weighted by molar-refractivity contribution is 5.86. The van der Waals surface area contributed by atoms with Gasteiger partial charge in [0, 0.05) is 6.42 Å². The number of ketones is 1. The maximum Gasteiger partial charge on any atom is 0.163 e. The average Bonchev–Trinajstić information content (AvgIpc) is 3.00. The molecule has 4 nitrogen and oxygen atoms in total. The Kier molecular flexibility index (Phi) is 7.11. The van der Waals surface area contributed by atoms with Crippen LogP contribution in [-0.4, -0.2) is 38.9 Å². The van der Waals surface area contributed by atoms with E-state index in [2.05, 4.69) is 32.1 Å². The van der Waals surface area contributed by atoms with Crippen LogP contribution in [0.25, 0.3) is 0 Å². The van der Waals surface area contributed by atoms with Gasteiger partial charge in [0.1, 0.15) is 5.60 Å². The van der Waals surface area contributed by atoms with Crippen molar-refractivity contribution >= 4 is 5.78 Å². The number of allylic oxidation sites excluding steroid dienone is 5. The molecule has 0 spiro atoms. The van der Waals surface area contributed by atoms with Gasteiger partial charge in [0.05, 0.1) is 12.2 Å². The van der Waals surface area contributed by atoms with Crippen LogP contribution in [0.3, 0.4) is 0 Å². The van der Waals surface area contributed by atoms with E-state index in [1.54, 1.807) is 13.8 Å². The molecule has 3 rings (SSSR count). The second kappa shape index (κ2) is 9.10. The van der Waals surface area contributed by atoms with E-state index in [4.69, 9.17) is 0 Å². The van der Waals surface area contributed by atoms with Gasteiger partial charge in [-0.3, -0.25) is 4.79 Å². The zero-order valence-electron chi connectivity index (χ0n) is 19.2. The minimum atomic E-state index is -1.25. The molecule has 0 heterocycles. The van der Waals surface area contributed by atoms with Crippen molar-refractivity contribution in [3.63, 3.8) is 0 Å². The monoisotopic (exact) mass is 416 g/mol. The zero-order chi connectivity index (χ0) is 22.1. The summed E-state index contributed by atoms with van der Waals surface area (Å²) in [7, 11) is 0. The van der Waals surface area contributed by atoms with Crippen LogP contribution in [0.2, 0.25) is 0 Å². The van der Waals surface area contributed by atoms with E-state index in [0.717, 1.165) is 24.8 Å². The summed E-state index contributed by atoms with van der Waals surface area (Å²) in [6.07, 6.45) is 13.5. The minimum absolute atomic E-state index is 0.0811. The van der Waals surface area contributed by atoms with Crippen LogP contribution in [0.1, 0.15) is 85.5 Å². The molecule has 2 saturated carbocycles. The fourth-order valence-corrected chi connectivity index (χ4v) is 5.96. The van der Waals surface area contributed by atoms with Crippen molar-refractivity contribution in [1.82, 2.24) is 0 Å². The van der Waals surface area contributed by atoms with Gasteiger partial charge in [0.2, 0.25) is 0 Å². The van der Waals surface area contributed by atoms with Gasteiger partial charge in [-0.1, -0.05) is 48.8 Å². The summed E-state index contributed by atoms with van der Waals surface area (Å²) < 4.78 is 0. The summed E-state index contributed by atoms with van der Waals surface area (Å²) in [6, 6.07) is 0. The van der Waals surface area contributed by atoms with Crippen molar-refractivity contribution in [3.8, 4) is 0 Å². The topological polar surface area (TPSA) is 77.8 Å². The Morgan fingerprint density at radius 2 is 1.93 bits per heavy atom. The van der Waals surface area contributed by atoms with Crippen molar-refractivity contribution in [2.45, 2.75) is 103 Å². The lowest BCUT2D eigenvalue weighted by atomic mass is 9.62. The number of fused-ring (bicyclic) bond motifs is 1. The number of carbonyl (C=O) groups excluding carboxylic acids is 1. The predicted molar refractivity (Wildman–Crippen MR) is 120 cm³/mol. The molecule has 0 unspecified atom stereocenters. The van der Waals surface area contributed by atoms with Gasteiger partial charge in [0.15, 0.2) is 5.78 Å². The summed E-state index contributed by atoms with van der Waals surface area (Å²) in [4.78, 5) is 12.2. The summed E-state index contributed by atoms with van der Waals surface area (Å²) in [5.74, 6) is 0.763. The number of aliphatic hydroxyl groups is 3. The molecule has 0 aromatic rings. The first kappa shape index (κ1) is 23.4. The molecular weight excluding hydrogens is 376 g/mol. The lowest BCUT2D eigenvalue weighted by Crippen LogP contribution is -2.34. The Balaban J connectivity index is 1.69. The summed E-state index contributed by atoms with van der Waals surface area (Å²) in [5, 5.41) is 29.8. The van der Waals surface area contributed by atoms with Crippen LogP contribution >= 0.6 is 0 Å². The molecule has 5 atom stereocenters. The third-order valence-electron chi connectivity index (χ3n) is 7.70. The van der Waals surface area contributed by atoms with Crippen molar-refractivity contribution in [2.24, 2.45) is 17.3 Å². The van der Waals surface area contributed by atoms with Crippen molar-refractivity contribution < 1.29 is 20.1 Å². The summed E-state index contributed by atoms with van der Waals surface area (Å²) in [5.41, 5.74) is 3.01. The predicted octanol–water partition coefficient (Wildman–Crippen LogP) is 4.64. The Morgan fingerprint density at radius 1 is 1.27 bits per heavy atom. The smallest absolute Gasteiger partial charge is 0.163 e. The summed E-state index contributed by atoms with van der Waals surface area (Å²) >= 11 is 0. The van der Waals surface area contributed by atoms with E-state index in [1.807, 2.05) is 0 Å². The first-order valence-electron chi connectivity index (χ1n) is 11.7. The van der Waals surface area contributed by atoms with Gasteiger partial charge < -0.3 is 15.3 Å². The number of aliphatic hydroxyl groups excluding tert-OH is 2. The van der Waals surface area contributed by atoms with Gasteiger partial charge >= 0.3 is 0 Å². The van der Waals surface area contributed by atoms with Crippen LogP contribution in [0, 0.1) is 17.3 Å². The number of hydrogen-bond donors (Lipinski definition) is 3. The standard InChI is InChI=1S/C26H40O4/c1-17(7-12-24(29)25(2,3)30)22-10-11-23-19(6-5-13-26(22,23)4)9-8-18-14-20(27)16-21(28)15-18/h8-10,17,20-21,23,27-28,30H,5-7,11-16H2,1-4H3/b19-9+/t17-,20-,21-,23+,26-/m1/s1. The van der Waals surface area contributed by atoms with Gasteiger partial charge in [-0.15, -0.1) is 0 Å².